The topological polar surface area (TPSA) is 40.2 Å². The first-order valence-electron chi connectivity index (χ1n) is 11.3. The maximum Gasteiger partial charge on any atom is 0.231 e. The van der Waals surface area contributed by atoms with Crippen LogP contribution in [0.2, 0.25) is 0 Å². The summed E-state index contributed by atoms with van der Waals surface area (Å²) in [4.78, 5) is 2.58. The molecule has 0 bridgehead atoms. The number of hydrogen-bond donors (Lipinski definition) is 0. The lowest BCUT2D eigenvalue weighted by Crippen LogP contribution is -2.51. The fourth-order valence-electron chi connectivity index (χ4n) is 5.44. The first-order valence-corrected chi connectivity index (χ1v) is 11.3. The molecular formula is C26H29NO4. The van der Waals surface area contributed by atoms with E-state index in [1.807, 2.05) is 0 Å². The van der Waals surface area contributed by atoms with Crippen LogP contribution in [0.15, 0.2) is 23.8 Å². The van der Waals surface area contributed by atoms with Crippen LogP contribution in [0.25, 0.3) is 0 Å². The third kappa shape index (κ3) is 3.83. The normalized spacial score (nSPS) is 27.7. The van der Waals surface area contributed by atoms with E-state index in [0.29, 0.717) is 19.3 Å². The molecule has 1 aromatic carbocycles. The molecule has 3 aliphatic heterocycles. The van der Waals surface area contributed by atoms with Crippen LogP contribution in [0.5, 0.6) is 11.5 Å². The Morgan fingerprint density at radius 3 is 2.55 bits per heavy atom. The van der Waals surface area contributed by atoms with E-state index in [9.17, 15) is 0 Å². The molecule has 0 saturated carbocycles. The molecule has 3 heterocycles. The zero-order valence-electron chi connectivity index (χ0n) is 17.8. The molecule has 0 unspecified atom stereocenters. The van der Waals surface area contributed by atoms with Crippen molar-refractivity contribution in [3.05, 3.63) is 34.9 Å². The number of benzene rings is 1. The molecule has 0 N–H and O–H groups in total. The summed E-state index contributed by atoms with van der Waals surface area (Å²) in [5, 5.41) is 0. The molecule has 4 aliphatic rings. The van der Waals surface area contributed by atoms with Crippen LogP contribution in [0.4, 0.5) is 0 Å². The summed E-state index contributed by atoms with van der Waals surface area (Å²) in [5.74, 6) is 7.28. The van der Waals surface area contributed by atoms with E-state index in [1.54, 1.807) is 0 Å². The number of terminal acetylenes is 2. The Kier molecular flexibility index (Phi) is 5.92. The SMILES string of the molecule is C#CCCCO[C@H]1[C@H]2c3cc4c(cc3CN3CCC(=C[C@@H]1OCCCC#C)[C@H]23)OCO4. The van der Waals surface area contributed by atoms with Crippen molar-refractivity contribution in [3.63, 3.8) is 0 Å². The monoisotopic (exact) mass is 419 g/mol. The molecule has 1 aromatic rings. The Morgan fingerprint density at radius 1 is 1.03 bits per heavy atom. The molecule has 0 aromatic heterocycles. The van der Waals surface area contributed by atoms with E-state index in [0.717, 1.165) is 56.7 Å². The number of fused-ring (bicyclic) bond motifs is 3. The molecule has 31 heavy (non-hydrogen) atoms. The molecule has 4 atom stereocenters. The second-order valence-corrected chi connectivity index (χ2v) is 8.62. The van der Waals surface area contributed by atoms with Crippen molar-refractivity contribution < 1.29 is 18.9 Å². The van der Waals surface area contributed by atoms with Crippen LogP contribution in [0.3, 0.4) is 0 Å². The van der Waals surface area contributed by atoms with Gasteiger partial charge in [-0.15, -0.1) is 24.7 Å². The van der Waals surface area contributed by atoms with Gasteiger partial charge in [-0.05, 0) is 42.5 Å². The summed E-state index contributed by atoms with van der Waals surface area (Å²) in [6, 6.07) is 4.69. The number of hydrogen-bond acceptors (Lipinski definition) is 5. The first kappa shape index (κ1) is 20.5. The third-order valence-corrected chi connectivity index (χ3v) is 6.78. The minimum absolute atomic E-state index is 0.0719. The van der Waals surface area contributed by atoms with Gasteiger partial charge in [0.15, 0.2) is 11.5 Å². The first-order chi connectivity index (χ1) is 15.3. The molecule has 1 aliphatic carbocycles. The van der Waals surface area contributed by atoms with Crippen LogP contribution in [-0.4, -0.2) is 49.7 Å². The standard InChI is InChI=1S/C26H29NO4/c1-3-5-7-11-28-23-13-18-9-10-27-16-19-14-21-22(31-17-30-21)15-20(19)24(25(18)27)26(23)29-12-8-6-4-2/h1-2,13-15,23-26H,5-12,16-17H2/t23-,24-,25+,26+/m0/s1. The van der Waals surface area contributed by atoms with Crippen molar-refractivity contribution in [2.45, 2.75) is 62.8 Å². The fourth-order valence-corrected chi connectivity index (χ4v) is 5.44. The Labute approximate surface area is 184 Å². The summed E-state index contributed by atoms with van der Waals surface area (Å²) in [6.07, 6.45) is 17.3. The summed E-state index contributed by atoms with van der Waals surface area (Å²) in [6.45, 7) is 3.55. The highest BCUT2D eigenvalue weighted by molar-refractivity contribution is 5.53. The number of rotatable bonds is 8. The van der Waals surface area contributed by atoms with Crippen LogP contribution >= 0.6 is 0 Å². The van der Waals surface area contributed by atoms with Crippen LogP contribution in [0.1, 0.15) is 49.1 Å². The zero-order chi connectivity index (χ0) is 21.2. The van der Waals surface area contributed by atoms with Gasteiger partial charge in [-0.3, -0.25) is 4.90 Å². The Hall–Kier alpha value is -2.44. The second-order valence-electron chi connectivity index (χ2n) is 8.62. The van der Waals surface area contributed by atoms with E-state index >= 15 is 0 Å². The largest absolute Gasteiger partial charge is 0.454 e. The maximum atomic E-state index is 6.52. The van der Waals surface area contributed by atoms with Crippen LogP contribution in [-0.2, 0) is 16.0 Å². The Balaban J connectivity index is 1.48. The molecule has 5 rings (SSSR count). The summed E-state index contributed by atoms with van der Waals surface area (Å²) < 4.78 is 24.2. The summed E-state index contributed by atoms with van der Waals surface area (Å²) >= 11 is 0. The highest BCUT2D eigenvalue weighted by atomic mass is 16.7. The zero-order valence-corrected chi connectivity index (χ0v) is 17.8. The van der Waals surface area contributed by atoms with Crippen molar-refractivity contribution in [1.82, 2.24) is 4.90 Å². The lowest BCUT2D eigenvalue weighted by molar-refractivity contribution is -0.0814. The van der Waals surface area contributed by atoms with Gasteiger partial charge in [-0.1, -0.05) is 11.6 Å². The quantitative estimate of drug-likeness (QED) is 0.366. The van der Waals surface area contributed by atoms with Crippen molar-refractivity contribution in [2.75, 3.05) is 26.6 Å². The summed E-state index contributed by atoms with van der Waals surface area (Å²) in [5.41, 5.74) is 4.08. The highest BCUT2D eigenvalue weighted by Gasteiger charge is 2.50. The Bertz CT molecular complexity index is 940. The molecular weight excluding hydrogens is 390 g/mol. The van der Waals surface area contributed by atoms with E-state index in [-0.39, 0.29) is 24.9 Å². The molecule has 0 amide bonds. The number of nitrogens with zero attached hydrogens (tertiary/aromatic N) is 1. The van der Waals surface area contributed by atoms with Gasteiger partial charge in [-0.25, -0.2) is 0 Å². The molecule has 1 saturated heterocycles. The van der Waals surface area contributed by atoms with Gasteiger partial charge in [0.2, 0.25) is 6.79 Å². The minimum Gasteiger partial charge on any atom is -0.454 e. The van der Waals surface area contributed by atoms with Crippen molar-refractivity contribution in [3.8, 4) is 36.2 Å². The molecule has 1 fully saturated rings. The molecule has 0 radical (unpaired) electrons. The number of unbranched alkanes of at least 4 members (excludes halogenated alkanes) is 2. The van der Waals surface area contributed by atoms with Gasteiger partial charge >= 0.3 is 0 Å². The summed E-state index contributed by atoms with van der Waals surface area (Å²) in [7, 11) is 0. The molecule has 162 valence electrons. The number of ether oxygens (including phenoxy) is 4. The van der Waals surface area contributed by atoms with E-state index in [2.05, 4.69) is 34.9 Å². The molecule has 5 heteroatoms. The van der Waals surface area contributed by atoms with E-state index in [4.69, 9.17) is 31.8 Å². The van der Waals surface area contributed by atoms with Gasteiger partial charge in [0, 0.05) is 51.1 Å². The average Bonchev–Trinajstić information content (AvgIpc) is 3.40. The van der Waals surface area contributed by atoms with Gasteiger partial charge < -0.3 is 18.9 Å². The minimum atomic E-state index is -0.0869. The van der Waals surface area contributed by atoms with Gasteiger partial charge in [0.05, 0.1) is 6.10 Å². The lowest BCUT2D eigenvalue weighted by atomic mass is 9.73. The maximum absolute atomic E-state index is 6.52. The molecule has 0 spiro atoms. The molecule has 5 nitrogen and oxygen atoms in total. The van der Waals surface area contributed by atoms with E-state index < -0.39 is 0 Å². The van der Waals surface area contributed by atoms with Crippen molar-refractivity contribution >= 4 is 0 Å². The predicted octanol–water partition coefficient (Wildman–Crippen LogP) is 3.62. The van der Waals surface area contributed by atoms with Crippen LogP contribution < -0.4 is 9.47 Å². The predicted molar refractivity (Wildman–Crippen MR) is 118 cm³/mol. The average molecular weight is 420 g/mol. The van der Waals surface area contributed by atoms with Gasteiger partial charge in [-0.2, -0.15) is 0 Å². The van der Waals surface area contributed by atoms with Crippen LogP contribution in [0, 0.1) is 24.7 Å². The second kappa shape index (κ2) is 8.97. The lowest BCUT2D eigenvalue weighted by Gasteiger charge is -2.47. The third-order valence-electron chi connectivity index (χ3n) is 6.78. The van der Waals surface area contributed by atoms with Crippen molar-refractivity contribution in [2.24, 2.45) is 0 Å². The van der Waals surface area contributed by atoms with Gasteiger partial charge in [0.25, 0.3) is 0 Å². The smallest absolute Gasteiger partial charge is 0.231 e. The van der Waals surface area contributed by atoms with Crippen molar-refractivity contribution in [1.29, 1.82) is 0 Å². The fraction of sp³-hybridized carbons (Fsp3) is 0.538. The Morgan fingerprint density at radius 2 is 1.77 bits per heavy atom. The highest BCUT2D eigenvalue weighted by Crippen LogP contribution is 2.50. The van der Waals surface area contributed by atoms with Gasteiger partial charge in [0.1, 0.15) is 6.10 Å². The van der Waals surface area contributed by atoms with E-state index in [1.165, 1.54) is 16.7 Å².